The Labute approximate surface area is 335 Å². The number of rotatable bonds is 6. The van der Waals surface area contributed by atoms with Crippen molar-refractivity contribution in [2.24, 2.45) is 20.5 Å². The van der Waals surface area contributed by atoms with E-state index in [4.69, 9.17) is 0 Å². The number of nitrogens with zero attached hydrogens (tertiary/aromatic N) is 4. The molecule has 0 atom stereocenters. The largest absolute Gasteiger partial charge is 0.744 e. The van der Waals surface area contributed by atoms with Crippen molar-refractivity contribution in [2.75, 3.05) is 0 Å². The van der Waals surface area contributed by atoms with Crippen LogP contribution in [0.25, 0.3) is 43.1 Å². The minimum absolute atomic E-state index is 0. The fraction of sp³-hybridized carbons (Fsp3) is 0. The van der Waals surface area contributed by atoms with Crippen LogP contribution >= 0.6 is 0 Å². The molecule has 0 saturated carbocycles. The molecular weight excluding hydrogens is 813 g/mol. The van der Waals surface area contributed by atoms with Gasteiger partial charge in [-0.15, -0.1) is 20.5 Å². The van der Waals surface area contributed by atoms with Crippen LogP contribution in [-0.2, 0) is 37.6 Å². The van der Waals surface area contributed by atoms with Gasteiger partial charge in [0, 0.05) is 61.8 Å². The van der Waals surface area contributed by atoms with Crippen molar-refractivity contribution in [3.05, 3.63) is 133 Å². The van der Waals surface area contributed by atoms with E-state index in [1.807, 2.05) is 24.3 Å². The third-order valence-electron chi connectivity index (χ3n) is 8.72. The summed E-state index contributed by atoms with van der Waals surface area (Å²) in [6, 6.07) is 35.3. The summed E-state index contributed by atoms with van der Waals surface area (Å²) >= 11 is 0. The number of hydrogen-bond acceptors (Lipinski definition) is 13. The van der Waals surface area contributed by atoms with Gasteiger partial charge in [0.15, 0.2) is 0 Å². The van der Waals surface area contributed by atoms with E-state index < -0.39 is 41.5 Å². The maximum atomic E-state index is 11.6. The van der Waals surface area contributed by atoms with Crippen molar-refractivity contribution in [3.63, 3.8) is 0 Å². The molecule has 8 aromatic rings. The van der Waals surface area contributed by atoms with Gasteiger partial charge in [0.1, 0.15) is 60.8 Å². The van der Waals surface area contributed by atoms with Crippen molar-refractivity contribution in [2.45, 2.75) is 9.79 Å². The Morgan fingerprint density at radius 2 is 0.719 bits per heavy atom. The maximum absolute atomic E-state index is 11.6. The molecule has 286 valence electrons. The summed E-state index contributed by atoms with van der Waals surface area (Å²) in [6.45, 7) is 0. The first-order valence-corrected chi connectivity index (χ1v) is 19.2. The van der Waals surface area contributed by atoms with Gasteiger partial charge in [-0.05, 0) is 22.9 Å². The predicted octanol–water partition coefficient (Wildman–Crippen LogP) is 9.79. The molecule has 0 aliphatic carbocycles. The zero-order chi connectivity index (χ0) is 39.8. The molecule has 0 aliphatic heterocycles. The third kappa shape index (κ3) is 8.11. The number of azo groups is 2. The van der Waals surface area contributed by atoms with Crippen molar-refractivity contribution in [1.29, 1.82) is 0 Å². The van der Waals surface area contributed by atoms with Crippen LogP contribution in [0.15, 0.2) is 164 Å². The second kappa shape index (κ2) is 16.0. The predicted molar refractivity (Wildman–Crippen MR) is 209 cm³/mol. The zero-order valence-corrected chi connectivity index (χ0v) is 31.9. The first kappa shape index (κ1) is 40.2. The summed E-state index contributed by atoms with van der Waals surface area (Å²) in [6.07, 6.45) is 0. The van der Waals surface area contributed by atoms with Crippen LogP contribution in [0, 0.1) is 0 Å². The summed E-state index contributed by atoms with van der Waals surface area (Å²) in [5.41, 5.74) is 0.452. The molecular formula is C40H27CrN4O10S2-. The third-order valence-corrected chi connectivity index (χ3v) is 10.5. The van der Waals surface area contributed by atoms with E-state index in [9.17, 15) is 46.4 Å². The Balaban J connectivity index is 0.000000189. The Morgan fingerprint density at radius 3 is 1.11 bits per heavy atom. The number of benzene rings is 8. The average molecular weight is 840 g/mol. The fourth-order valence-electron chi connectivity index (χ4n) is 6.15. The number of aromatic hydroxyl groups is 4. The van der Waals surface area contributed by atoms with E-state index in [0.29, 0.717) is 16.2 Å². The monoisotopic (exact) mass is 839 g/mol. The molecule has 5 N–H and O–H groups in total. The zero-order valence-electron chi connectivity index (χ0n) is 29.0. The van der Waals surface area contributed by atoms with E-state index in [-0.39, 0.29) is 67.8 Å². The smallest absolute Gasteiger partial charge is 0.295 e. The molecule has 8 aromatic carbocycles. The van der Waals surface area contributed by atoms with Crippen LogP contribution in [-0.4, -0.2) is 46.4 Å². The molecule has 0 radical (unpaired) electrons. The summed E-state index contributed by atoms with van der Waals surface area (Å²) in [5, 5.41) is 61.2. The van der Waals surface area contributed by atoms with Crippen LogP contribution in [0.2, 0.25) is 0 Å². The molecule has 0 heterocycles. The SMILES string of the molecule is O=S(=O)(O)c1cc(O)c(N=Nc2c(O)ccc3ccccc23)c2ccccc12.O=S(=O)([O-])c1cc(O)c(N=Nc2c(O)ccc3ccccc23)c2ccccc12.[Cr]. The van der Waals surface area contributed by atoms with Crippen LogP contribution < -0.4 is 0 Å². The first-order valence-electron chi connectivity index (χ1n) is 16.4. The molecule has 0 aromatic heterocycles. The van der Waals surface area contributed by atoms with Gasteiger partial charge in [-0.2, -0.15) is 8.42 Å². The van der Waals surface area contributed by atoms with Crippen LogP contribution in [0.3, 0.4) is 0 Å². The Kier molecular flexibility index (Phi) is 11.3. The number of phenolic OH excluding ortho intramolecular Hbond substituents is 4. The molecule has 0 aliphatic rings. The summed E-state index contributed by atoms with van der Waals surface area (Å²) < 4.78 is 67.3. The standard InChI is InChI=1S/2C20H14N2O5S.Cr/c2*23-16-10-9-12-5-1-2-6-13(12)19(16)21-22-20-15-8-4-3-7-14(15)18(11-17(20)24)28(25,26)27;/h2*1-11,23-24H,(H,25,26,27);/p-1. The summed E-state index contributed by atoms with van der Waals surface area (Å²) in [5.74, 6) is -1.14. The number of fused-ring (bicyclic) bond motifs is 4. The molecule has 0 fully saturated rings. The minimum Gasteiger partial charge on any atom is -0.744 e. The quantitative estimate of drug-likeness (QED) is 0.0784. The van der Waals surface area contributed by atoms with Gasteiger partial charge in [0.05, 0.1) is 4.90 Å². The molecule has 0 bridgehead atoms. The molecule has 57 heavy (non-hydrogen) atoms. The average Bonchev–Trinajstić information content (AvgIpc) is 3.17. The number of hydrogen-bond donors (Lipinski definition) is 5. The molecule has 0 spiro atoms. The van der Waals surface area contributed by atoms with Crippen molar-refractivity contribution in [3.8, 4) is 23.0 Å². The van der Waals surface area contributed by atoms with Crippen LogP contribution in [0.1, 0.15) is 0 Å². The van der Waals surface area contributed by atoms with Crippen LogP contribution in [0.4, 0.5) is 22.7 Å². The first-order chi connectivity index (χ1) is 26.7. The van der Waals surface area contributed by atoms with Gasteiger partial charge in [-0.25, -0.2) is 8.42 Å². The van der Waals surface area contributed by atoms with E-state index in [1.165, 1.54) is 30.3 Å². The fourth-order valence-corrected chi connectivity index (χ4v) is 7.57. The van der Waals surface area contributed by atoms with E-state index in [2.05, 4.69) is 20.5 Å². The molecule has 17 heteroatoms. The summed E-state index contributed by atoms with van der Waals surface area (Å²) in [4.78, 5) is -0.958. The number of phenols is 4. The molecule has 0 unspecified atom stereocenters. The van der Waals surface area contributed by atoms with Gasteiger partial charge in [0.2, 0.25) is 0 Å². The van der Waals surface area contributed by atoms with Gasteiger partial charge < -0.3 is 25.0 Å². The summed E-state index contributed by atoms with van der Waals surface area (Å²) in [7, 11) is -9.34. The Bertz CT molecular complexity index is 2950. The van der Waals surface area contributed by atoms with Crippen molar-refractivity contribution >= 4 is 86.1 Å². The second-order valence-corrected chi connectivity index (χ2v) is 15.0. The van der Waals surface area contributed by atoms with E-state index in [0.717, 1.165) is 22.9 Å². The minimum atomic E-state index is -4.79. The Morgan fingerprint density at radius 1 is 0.404 bits per heavy atom. The van der Waals surface area contributed by atoms with Gasteiger partial charge in [0.25, 0.3) is 10.1 Å². The van der Waals surface area contributed by atoms with Crippen molar-refractivity contribution in [1.82, 2.24) is 0 Å². The molecule has 14 nitrogen and oxygen atoms in total. The molecule has 0 amide bonds. The maximum Gasteiger partial charge on any atom is 0.295 e. The van der Waals surface area contributed by atoms with Gasteiger partial charge in [-0.1, -0.05) is 109 Å². The van der Waals surface area contributed by atoms with E-state index in [1.54, 1.807) is 66.7 Å². The van der Waals surface area contributed by atoms with E-state index >= 15 is 0 Å². The second-order valence-electron chi connectivity index (χ2n) is 12.2. The molecule has 0 saturated heterocycles. The van der Waals surface area contributed by atoms with Crippen LogP contribution in [0.5, 0.6) is 23.0 Å². The van der Waals surface area contributed by atoms with Gasteiger partial charge >= 0.3 is 0 Å². The normalized spacial score (nSPS) is 12.0. The molecule has 8 rings (SSSR count). The Hall–Kier alpha value is -6.45. The van der Waals surface area contributed by atoms with Gasteiger partial charge in [-0.3, -0.25) is 4.55 Å². The topological polar surface area (TPSA) is 242 Å². The van der Waals surface area contributed by atoms with Crippen molar-refractivity contribution < 1.29 is 63.7 Å².